The van der Waals surface area contributed by atoms with E-state index in [4.69, 9.17) is 11.6 Å². The summed E-state index contributed by atoms with van der Waals surface area (Å²) >= 11 is 5.93. The summed E-state index contributed by atoms with van der Waals surface area (Å²) in [5.74, 6) is 0.207. The molecule has 0 fully saturated rings. The van der Waals surface area contributed by atoms with Gasteiger partial charge in [-0.3, -0.25) is 4.31 Å². The van der Waals surface area contributed by atoms with E-state index in [1.54, 1.807) is 49.7 Å². The first-order valence-corrected chi connectivity index (χ1v) is 10.1. The smallest absolute Gasteiger partial charge is 0.240 e. The van der Waals surface area contributed by atoms with Crippen LogP contribution in [0.25, 0.3) is 0 Å². The molecule has 1 heterocycles. The zero-order chi connectivity index (χ0) is 19.3. The molecular formula is C18H23ClN4O2S. The first-order valence-electron chi connectivity index (χ1n) is 8.16. The minimum atomic E-state index is -3.58. The average molecular weight is 395 g/mol. The first-order chi connectivity index (χ1) is 12.2. The summed E-state index contributed by atoms with van der Waals surface area (Å²) in [5.41, 5.74) is 1.99. The number of aromatic nitrogens is 1. The minimum Gasteiger partial charge on any atom is -0.366 e. The molecule has 0 aliphatic heterocycles. The molecule has 2 aromatic rings. The fraction of sp³-hybridized carbons (Fsp3) is 0.333. The normalized spacial score (nSPS) is 11.7. The van der Waals surface area contributed by atoms with Crippen molar-refractivity contribution in [1.29, 1.82) is 0 Å². The number of hydrogen-bond donors (Lipinski definition) is 0. The van der Waals surface area contributed by atoms with E-state index in [2.05, 4.69) is 9.98 Å². The molecule has 0 aliphatic rings. The quantitative estimate of drug-likeness (QED) is 0.531. The molecule has 0 unspecified atom stereocenters. The van der Waals surface area contributed by atoms with Crippen LogP contribution in [0.5, 0.6) is 0 Å². The van der Waals surface area contributed by atoms with Crippen LogP contribution in [0.3, 0.4) is 0 Å². The fourth-order valence-electron chi connectivity index (χ4n) is 2.17. The van der Waals surface area contributed by atoms with E-state index in [0.717, 1.165) is 6.54 Å². The number of pyridine rings is 1. The van der Waals surface area contributed by atoms with E-state index in [1.807, 2.05) is 18.9 Å². The summed E-state index contributed by atoms with van der Waals surface area (Å²) in [6, 6.07) is 10.2. The van der Waals surface area contributed by atoms with Crippen LogP contribution in [0.1, 0.15) is 18.2 Å². The monoisotopic (exact) mass is 394 g/mol. The van der Waals surface area contributed by atoms with E-state index < -0.39 is 10.0 Å². The van der Waals surface area contributed by atoms with Gasteiger partial charge < -0.3 is 4.90 Å². The molecule has 26 heavy (non-hydrogen) atoms. The molecule has 140 valence electrons. The maximum Gasteiger partial charge on any atom is 0.240 e. The Balaban J connectivity index is 2.21. The average Bonchev–Trinajstić information content (AvgIpc) is 2.59. The van der Waals surface area contributed by atoms with Crippen molar-refractivity contribution in [3.05, 3.63) is 52.7 Å². The standard InChI is InChI=1S/C18H23ClN4O2S/c1-5-22(3)13-20-17-9-10-18(21-14(17)2)23(4)26(24,25)12-15-7-6-8-16(19)11-15/h6-11,13H,5,12H2,1-4H3. The van der Waals surface area contributed by atoms with Crippen LogP contribution in [0, 0.1) is 6.92 Å². The lowest BCUT2D eigenvalue weighted by atomic mass is 10.2. The Hall–Kier alpha value is -2.12. The highest BCUT2D eigenvalue weighted by molar-refractivity contribution is 7.92. The van der Waals surface area contributed by atoms with Gasteiger partial charge in [-0.25, -0.2) is 18.4 Å². The molecule has 2 rings (SSSR count). The second kappa shape index (κ2) is 8.51. The molecule has 0 saturated carbocycles. The van der Waals surface area contributed by atoms with E-state index in [0.29, 0.717) is 27.8 Å². The van der Waals surface area contributed by atoms with Crippen LogP contribution < -0.4 is 4.31 Å². The van der Waals surface area contributed by atoms with Gasteiger partial charge in [0.25, 0.3) is 0 Å². The van der Waals surface area contributed by atoms with Crippen molar-refractivity contribution in [2.75, 3.05) is 24.9 Å². The van der Waals surface area contributed by atoms with Crippen LogP contribution >= 0.6 is 11.6 Å². The number of aliphatic imine (C=N–C) groups is 1. The Labute approximate surface area is 160 Å². The molecule has 6 nitrogen and oxygen atoms in total. The maximum atomic E-state index is 12.7. The van der Waals surface area contributed by atoms with Gasteiger partial charge in [-0.05, 0) is 43.7 Å². The number of anilines is 1. The Morgan fingerprint density at radius 3 is 2.58 bits per heavy atom. The van der Waals surface area contributed by atoms with Crippen molar-refractivity contribution >= 4 is 39.5 Å². The maximum absolute atomic E-state index is 12.7. The highest BCUT2D eigenvalue weighted by atomic mass is 35.5. The van der Waals surface area contributed by atoms with Gasteiger partial charge in [0.15, 0.2) is 0 Å². The number of aryl methyl sites for hydroxylation is 1. The fourth-order valence-corrected chi connectivity index (χ4v) is 3.57. The number of hydrogen-bond acceptors (Lipinski definition) is 4. The van der Waals surface area contributed by atoms with Gasteiger partial charge in [-0.2, -0.15) is 0 Å². The number of nitrogens with zero attached hydrogens (tertiary/aromatic N) is 4. The third-order valence-electron chi connectivity index (χ3n) is 3.91. The number of benzene rings is 1. The van der Waals surface area contributed by atoms with Gasteiger partial charge in [0.2, 0.25) is 10.0 Å². The van der Waals surface area contributed by atoms with Gasteiger partial charge in [-0.15, -0.1) is 0 Å². The highest BCUT2D eigenvalue weighted by Gasteiger charge is 2.21. The summed E-state index contributed by atoms with van der Waals surface area (Å²) < 4.78 is 26.5. The van der Waals surface area contributed by atoms with E-state index in [-0.39, 0.29) is 5.75 Å². The molecule has 1 aromatic heterocycles. The lowest BCUT2D eigenvalue weighted by Gasteiger charge is -2.19. The van der Waals surface area contributed by atoms with E-state index >= 15 is 0 Å². The van der Waals surface area contributed by atoms with Crippen molar-refractivity contribution in [3.63, 3.8) is 0 Å². The van der Waals surface area contributed by atoms with Crippen LogP contribution in [-0.2, 0) is 15.8 Å². The Morgan fingerprint density at radius 2 is 1.96 bits per heavy atom. The van der Waals surface area contributed by atoms with Crippen molar-refractivity contribution in [2.24, 2.45) is 4.99 Å². The Bertz CT molecular complexity index is 900. The predicted octanol–water partition coefficient (Wildman–Crippen LogP) is 3.62. The third-order valence-corrected chi connectivity index (χ3v) is 5.87. The van der Waals surface area contributed by atoms with Crippen molar-refractivity contribution in [1.82, 2.24) is 9.88 Å². The molecule has 1 aromatic carbocycles. The molecule has 0 amide bonds. The molecule has 0 radical (unpaired) electrons. The van der Waals surface area contributed by atoms with E-state index in [1.165, 1.54) is 11.4 Å². The lowest BCUT2D eigenvalue weighted by molar-refractivity contribution is 0.552. The lowest BCUT2D eigenvalue weighted by Crippen LogP contribution is -2.28. The summed E-state index contributed by atoms with van der Waals surface area (Å²) in [4.78, 5) is 10.7. The predicted molar refractivity (Wildman–Crippen MR) is 108 cm³/mol. The van der Waals surface area contributed by atoms with Crippen molar-refractivity contribution < 1.29 is 8.42 Å². The first kappa shape index (κ1) is 20.2. The zero-order valence-corrected chi connectivity index (χ0v) is 16.9. The Morgan fingerprint density at radius 1 is 1.23 bits per heavy atom. The third kappa shape index (κ3) is 5.19. The van der Waals surface area contributed by atoms with Crippen LogP contribution in [-0.4, -0.2) is 45.3 Å². The molecule has 0 saturated heterocycles. The van der Waals surface area contributed by atoms with Crippen LogP contribution in [0.2, 0.25) is 5.02 Å². The number of halogens is 1. The molecule has 0 N–H and O–H groups in total. The van der Waals surface area contributed by atoms with Crippen LogP contribution in [0.4, 0.5) is 11.5 Å². The number of sulfonamides is 1. The van der Waals surface area contributed by atoms with Gasteiger partial charge in [0.05, 0.1) is 23.5 Å². The second-order valence-corrected chi connectivity index (χ2v) is 8.38. The molecule has 0 atom stereocenters. The Kier molecular flexibility index (Phi) is 6.61. The van der Waals surface area contributed by atoms with E-state index in [9.17, 15) is 8.42 Å². The second-order valence-electron chi connectivity index (χ2n) is 5.95. The van der Waals surface area contributed by atoms with Gasteiger partial charge in [-0.1, -0.05) is 23.7 Å². The summed E-state index contributed by atoms with van der Waals surface area (Å²) in [7, 11) is -0.154. The molecule has 0 spiro atoms. The molecular weight excluding hydrogens is 372 g/mol. The summed E-state index contributed by atoms with van der Waals surface area (Å²) in [6.45, 7) is 4.68. The van der Waals surface area contributed by atoms with Crippen molar-refractivity contribution in [3.8, 4) is 0 Å². The van der Waals surface area contributed by atoms with Crippen molar-refractivity contribution in [2.45, 2.75) is 19.6 Å². The highest BCUT2D eigenvalue weighted by Crippen LogP contribution is 2.23. The van der Waals surface area contributed by atoms with Crippen LogP contribution in [0.15, 0.2) is 41.4 Å². The minimum absolute atomic E-state index is 0.147. The zero-order valence-electron chi connectivity index (χ0n) is 15.3. The van der Waals surface area contributed by atoms with Gasteiger partial charge in [0, 0.05) is 25.7 Å². The SMILES string of the molecule is CCN(C)C=Nc1ccc(N(C)S(=O)(=O)Cc2cccc(Cl)c2)nc1C. The topological polar surface area (TPSA) is 65.9 Å². The molecule has 0 bridgehead atoms. The summed E-state index contributed by atoms with van der Waals surface area (Å²) in [6.07, 6.45) is 1.73. The molecule has 8 heteroatoms. The largest absolute Gasteiger partial charge is 0.366 e. The number of rotatable bonds is 7. The molecule has 0 aliphatic carbocycles. The summed E-state index contributed by atoms with van der Waals surface area (Å²) in [5, 5.41) is 0.508. The van der Waals surface area contributed by atoms with Gasteiger partial charge in [0.1, 0.15) is 5.82 Å². The van der Waals surface area contributed by atoms with Gasteiger partial charge >= 0.3 is 0 Å².